The molecular formula is C26H35NO7S. The Morgan fingerprint density at radius 3 is 2.03 bits per heavy atom. The Labute approximate surface area is 208 Å². The number of hydrogen-bond donors (Lipinski definition) is 0. The van der Waals surface area contributed by atoms with E-state index < -0.39 is 20.6 Å². The Bertz CT molecular complexity index is 1060. The van der Waals surface area contributed by atoms with Crippen molar-refractivity contribution in [2.45, 2.75) is 49.4 Å². The summed E-state index contributed by atoms with van der Waals surface area (Å²) in [4.78, 5) is 15.2. The molecule has 0 bridgehead atoms. The summed E-state index contributed by atoms with van der Waals surface area (Å²) < 4.78 is 47.7. The Hall–Kier alpha value is -2.62. The van der Waals surface area contributed by atoms with E-state index in [0.29, 0.717) is 37.7 Å². The molecule has 0 radical (unpaired) electrons. The molecule has 1 aliphatic heterocycles. The van der Waals surface area contributed by atoms with Crippen LogP contribution in [0.25, 0.3) is 0 Å². The topological polar surface area (TPSA) is 91.4 Å². The predicted octanol–water partition coefficient (Wildman–Crippen LogP) is 4.08. The molecule has 0 aliphatic carbocycles. The molecule has 1 heterocycles. The van der Waals surface area contributed by atoms with E-state index in [-0.39, 0.29) is 30.4 Å². The normalized spacial score (nSPS) is 16.1. The van der Waals surface area contributed by atoms with Crippen molar-refractivity contribution >= 4 is 15.8 Å². The number of carbonyl (C=O) groups is 1. The van der Waals surface area contributed by atoms with Crippen LogP contribution in [0.5, 0.6) is 17.2 Å². The van der Waals surface area contributed by atoms with E-state index in [2.05, 4.69) is 4.90 Å². The fraction of sp³-hybridized carbons (Fsp3) is 0.500. The Balaban J connectivity index is 1.78. The van der Waals surface area contributed by atoms with Crippen LogP contribution < -0.4 is 9.47 Å². The minimum absolute atomic E-state index is 0.0731. The van der Waals surface area contributed by atoms with Gasteiger partial charge in [-0.15, -0.1) is 0 Å². The number of methoxy groups -OCH3 is 1. The van der Waals surface area contributed by atoms with E-state index in [1.807, 2.05) is 26.0 Å². The first-order valence-corrected chi connectivity index (χ1v) is 13.4. The van der Waals surface area contributed by atoms with Gasteiger partial charge in [-0.1, -0.05) is 0 Å². The van der Waals surface area contributed by atoms with Crippen LogP contribution in [-0.2, 0) is 24.1 Å². The highest BCUT2D eigenvalue weighted by Gasteiger charge is 2.54. The predicted molar refractivity (Wildman–Crippen MR) is 133 cm³/mol. The molecule has 35 heavy (non-hydrogen) atoms. The number of hydrogen-bond acceptors (Lipinski definition) is 8. The Morgan fingerprint density at radius 1 is 0.971 bits per heavy atom. The van der Waals surface area contributed by atoms with Gasteiger partial charge in [0.2, 0.25) is 0 Å². The molecule has 0 spiro atoms. The summed E-state index contributed by atoms with van der Waals surface area (Å²) >= 11 is 0. The third kappa shape index (κ3) is 6.34. The van der Waals surface area contributed by atoms with Gasteiger partial charge >= 0.3 is 5.97 Å². The van der Waals surface area contributed by atoms with Crippen LogP contribution in [0.3, 0.4) is 0 Å². The quantitative estimate of drug-likeness (QED) is 0.422. The largest absolute Gasteiger partial charge is 0.491 e. The van der Waals surface area contributed by atoms with Gasteiger partial charge in [-0.3, -0.25) is 4.79 Å². The SMILES string of the molecule is CCOC(=O)C1(S(=O)(=O)c2ccc(Oc3ccc(OC(C)C)cc3)cc2)CCN(CCOC)CC1. The molecule has 0 aromatic heterocycles. The lowest BCUT2D eigenvalue weighted by Gasteiger charge is -2.39. The number of likely N-dealkylation sites (tertiary alicyclic amines) is 1. The smallest absolute Gasteiger partial charge is 0.327 e. The molecule has 1 saturated heterocycles. The van der Waals surface area contributed by atoms with Crippen molar-refractivity contribution in [3.63, 3.8) is 0 Å². The van der Waals surface area contributed by atoms with Crippen LogP contribution >= 0.6 is 0 Å². The van der Waals surface area contributed by atoms with Crippen LogP contribution in [0.4, 0.5) is 0 Å². The number of nitrogens with zero attached hydrogens (tertiary/aromatic N) is 1. The molecule has 9 heteroatoms. The Morgan fingerprint density at radius 2 is 1.51 bits per heavy atom. The van der Waals surface area contributed by atoms with E-state index in [1.165, 1.54) is 12.1 Å². The average Bonchev–Trinajstić information content (AvgIpc) is 2.84. The van der Waals surface area contributed by atoms with Crippen LogP contribution in [0, 0.1) is 0 Å². The molecule has 2 aromatic carbocycles. The van der Waals surface area contributed by atoms with Gasteiger partial charge in [-0.2, -0.15) is 0 Å². The summed E-state index contributed by atoms with van der Waals surface area (Å²) in [6.45, 7) is 7.89. The molecule has 2 aromatic rings. The van der Waals surface area contributed by atoms with Crippen LogP contribution in [0.1, 0.15) is 33.6 Å². The highest BCUT2D eigenvalue weighted by atomic mass is 32.2. The van der Waals surface area contributed by atoms with Gasteiger partial charge in [0.05, 0.1) is 24.2 Å². The molecule has 0 N–H and O–H groups in total. The van der Waals surface area contributed by atoms with Crippen LogP contribution in [0.2, 0.25) is 0 Å². The van der Waals surface area contributed by atoms with Gasteiger partial charge in [-0.25, -0.2) is 8.42 Å². The fourth-order valence-corrected chi connectivity index (χ4v) is 6.05. The first kappa shape index (κ1) is 27.0. The summed E-state index contributed by atoms with van der Waals surface area (Å²) in [5.74, 6) is 1.14. The monoisotopic (exact) mass is 505 g/mol. The molecule has 1 aliphatic rings. The second kappa shape index (κ2) is 11.9. The summed E-state index contributed by atoms with van der Waals surface area (Å²) in [6.07, 6.45) is 0.411. The fourth-order valence-electron chi connectivity index (χ4n) is 4.11. The third-order valence-corrected chi connectivity index (χ3v) is 8.50. The van der Waals surface area contributed by atoms with Crippen molar-refractivity contribution in [1.82, 2.24) is 4.90 Å². The zero-order valence-corrected chi connectivity index (χ0v) is 21.7. The lowest BCUT2D eigenvalue weighted by Crippen LogP contribution is -2.55. The number of rotatable bonds is 11. The second-order valence-electron chi connectivity index (χ2n) is 8.76. The summed E-state index contributed by atoms with van der Waals surface area (Å²) in [5.41, 5.74) is 0. The standard InChI is InChI=1S/C26H35NO7S/c1-5-32-25(28)26(14-16-27(17-15-26)18-19-31-4)35(29,30)24-12-10-23(11-13-24)34-22-8-6-21(7-9-22)33-20(2)3/h6-13,20H,5,14-19H2,1-4H3. The number of ether oxygens (including phenoxy) is 4. The maximum absolute atomic E-state index is 13.7. The number of piperidine rings is 1. The highest BCUT2D eigenvalue weighted by molar-refractivity contribution is 7.93. The van der Waals surface area contributed by atoms with E-state index >= 15 is 0 Å². The molecule has 3 rings (SSSR count). The van der Waals surface area contributed by atoms with Crippen molar-refractivity contribution in [2.24, 2.45) is 0 Å². The first-order chi connectivity index (χ1) is 16.7. The molecule has 192 valence electrons. The molecule has 0 unspecified atom stereocenters. The van der Waals surface area contributed by atoms with Crippen molar-refractivity contribution in [2.75, 3.05) is 40.0 Å². The lowest BCUT2D eigenvalue weighted by molar-refractivity contribution is -0.147. The molecule has 0 saturated carbocycles. The number of esters is 1. The van der Waals surface area contributed by atoms with Crippen molar-refractivity contribution < 1.29 is 32.2 Å². The van der Waals surface area contributed by atoms with Gasteiger partial charge in [-0.05, 0) is 82.1 Å². The minimum Gasteiger partial charge on any atom is -0.491 e. The summed E-state index contributed by atoms with van der Waals surface area (Å²) in [7, 11) is -2.37. The maximum Gasteiger partial charge on any atom is 0.327 e. The highest BCUT2D eigenvalue weighted by Crippen LogP contribution is 2.37. The first-order valence-electron chi connectivity index (χ1n) is 11.9. The zero-order valence-electron chi connectivity index (χ0n) is 20.9. The number of benzene rings is 2. The van der Waals surface area contributed by atoms with Gasteiger partial charge in [0, 0.05) is 26.7 Å². The summed E-state index contributed by atoms with van der Waals surface area (Å²) in [5, 5.41) is 0. The van der Waals surface area contributed by atoms with Crippen LogP contribution in [-0.4, -0.2) is 70.1 Å². The second-order valence-corrected chi connectivity index (χ2v) is 11.0. The summed E-state index contributed by atoms with van der Waals surface area (Å²) in [6, 6.07) is 13.4. The Kier molecular flexibility index (Phi) is 9.15. The molecular weight excluding hydrogens is 470 g/mol. The van der Waals surface area contributed by atoms with E-state index in [9.17, 15) is 13.2 Å². The number of carbonyl (C=O) groups excluding carboxylic acids is 1. The van der Waals surface area contributed by atoms with E-state index in [4.69, 9.17) is 18.9 Å². The average molecular weight is 506 g/mol. The van der Waals surface area contributed by atoms with E-state index in [1.54, 1.807) is 38.3 Å². The van der Waals surface area contributed by atoms with Crippen molar-refractivity contribution in [3.8, 4) is 17.2 Å². The minimum atomic E-state index is -4.00. The molecule has 0 atom stereocenters. The van der Waals surface area contributed by atoms with Crippen molar-refractivity contribution in [3.05, 3.63) is 48.5 Å². The van der Waals surface area contributed by atoms with Crippen LogP contribution in [0.15, 0.2) is 53.4 Å². The molecule has 1 fully saturated rings. The maximum atomic E-state index is 13.7. The third-order valence-electron chi connectivity index (χ3n) is 6.00. The lowest BCUT2D eigenvalue weighted by atomic mass is 9.95. The van der Waals surface area contributed by atoms with Gasteiger partial charge in [0.1, 0.15) is 17.2 Å². The van der Waals surface area contributed by atoms with Crippen molar-refractivity contribution in [1.29, 1.82) is 0 Å². The van der Waals surface area contributed by atoms with E-state index in [0.717, 1.165) is 5.75 Å². The molecule has 8 nitrogen and oxygen atoms in total. The number of sulfone groups is 1. The molecule has 0 amide bonds. The zero-order chi connectivity index (χ0) is 25.5. The van der Waals surface area contributed by atoms with Gasteiger partial charge in [0.25, 0.3) is 0 Å². The van der Waals surface area contributed by atoms with Gasteiger partial charge < -0.3 is 23.8 Å². The van der Waals surface area contributed by atoms with Gasteiger partial charge in [0.15, 0.2) is 14.6 Å².